The predicted molar refractivity (Wildman–Crippen MR) is 90.3 cm³/mol. The van der Waals surface area contributed by atoms with Crippen LogP contribution in [0.5, 0.6) is 0 Å². The van der Waals surface area contributed by atoms with E-state index in [0.717, 1.165) is 64.6 Å². The number of halogens is 1. The molecule has 0 bridgehead atoms. The molecule has 3 fully saturated rings. The van der Waals surface area contributed by atoms with Gasteiger partial charge in [0, 0.05) is 32.7 Å². The zero-order valence-electron chi connectivity index (χ0n) is 13.8. The highest BCUT2D eigenvalue weighted by Crippen LogP contribution is 2.40. The number of nitrogens with one attached hydrogen (secondary N) is 1. The quantitative estimate of drug-likeness (QED) is 0.864. The second kappa shape index (κ2) is 7.98. The summed E-state index contributed by atoms with van der Waals surface area (Å²) in [5.74, 6) is 1.66. The van der Waals surface area contributed by atoms with E-state index in [0.29, 0.717) is 17.2 Å². The number of carbonyl (C=O) groups excluding carboxylic acids is 1. The van der Waals surface area contributed by atoms with Crippen molar-refractivity contribution >= 4 is 18.3 Å². The van der Waals surface area contributed by atoms with Gasteiger partial charge in [0.1, 0.15) is 0 Å². The second-order valence-electron chi connectivity index (χ2n) is 7.45. The van der Waals surface area contributed by atoms with Crippen LogP contribution < -0.4 is 5.32 Å². The molecule has 3 aliphatic heterocycles. The van der Waals surface area contributed by atoms with Gasteiger partial charge in [0.15, 0.2) is 0 Å². The maximum atomic E-state index is 12.6. The lowest BCUT2D eigenvalue weighted by Crippen LogP contribution is -2.37. The van der Waals surface area contributed by atoms with Crippen molar-refractivity contribution in [3.8, 4) is 0 Å². The van der Waals surface area contributed by atoms with E-state index in [1.807, 2.05) is 0 Å². The topological polar surface area (TPSA) is 41.6 Å². The van der Waals surface area contributed by atoms with Crippen molar-refractivity contribution in [3.05, 3.63) is 0 Å². The maximum Gasteiger partial charge on any atom is 0.222 e. The molecule has 0 aliphatic carbocycles. The summed E-state index contributed by atoms with van der Waals surface area (Å²) < 4.78 is 5.49. The first kappa shape index (κ1) is 18.0. The van der Waals surface area contributed by atoms with Crippen LogP contribution in [0.1, 0.15) is 45.4 Å². The Morgan fingerprint density at radius 2 is 1.95 bits per heavy atom. The summed E-state index contributed by atoms with van der Waals surface area (Å²) in [6.45, 7) is 8.23. The van der Waals surface area contributed by atoms with Gasteiger partial charge in [0.25, 0.3) is 0 Å². The van der Waals surface area contributed by atoms with Gasteiger partial charge in [-0.25, -0.2) is 0 Å². The molecule has 1 unspecified atom stereocenters. The Morgan fingerprint density at radius 1 is 1.27 bits per heavy atom. The molecule has 0 aromatic rings. The smallest absolute Gasteiger partial charge is 0.222 e. The van der Waals surface area contributed by atoms with Gasteiger partial charge >= 0.3 is 0 Å². The lowest BCUT2D eigenvalue weighted by atomic mass is 9.79. The first-order valence-corrected chi connectivity index (χ1v) is 8.75. The van der Waals surface area contributed by atoms with E-state index >= 15 is 0 Å². The maximum absolute atomic E-state index is 12.6. The Labute approximate surface area is 140 Å². The van der Waals surface area contributed by atoms with Crippen molar-refractivity contribution in [1.82, 2.24) is 10.2 Å². The minimum absolute atomic E-state index is 0. The van der Waals surface area contributed by atoms with Gasteiger partial charge in [-0.2, -0.15) is 0 Å². The molecule has 0 aromatic carbocycles. The molecule has 3 rings (SSSR count). The molecule has 3 heterocycles. The third-order valence-corrected chi connectivity index (χ3v) is 6.03. The Balaban J connectivity index is 0.00000176. The van der Waals surface area contributed by atoms with Crippen molar-refractivity contribution in [2.45, 2.75) is 45.4 Å². The summed E-state index contributed by atoms with van der Waals surface area (Å²) in [5.41, 5.74) is 0.381. The molecule has 3 aliphatic rings. The summed E-state index contributed by atoms with van der Waals surface area (Å²) >= 11 is 0. The zero-order valence-corrected chi connectivity index (χ0v) is 14.6. The van der Waals surface area contributed by atoms with Crippen LogP contribution in [0.2, 0.25) is 0 Å². The van der Waals surface area contributed by atoms with Crippen LogP contribution in [-0.2, 0) is 9.53 Å². The molecular formula is C17H31ClN2O2. The van der Waals surface area contributed by atoms with Gasteiger partial charge in [-0.1, -0.05) is 6.92 Å². The Hall–Kier alpha value is -0.320. The summed E-state index contributed by atoms with van der Waals surface area (Å²) in [4.78, 5) is 14.7. The highest BCUT2D eigenvalue weighted by molar-refractivity contribution is 5.85. The van der Waals surface area contributed by atoms with Crippen LogP contribution in [0, 0.1) is 17.3 Å². The number of rotatable bonds is 3. The van der Waals surface area contributed by atoms with Gasteiger partial charge in [-0.15, -0.1) is 12.4 Å². The van der Waals surface area contributed by atoms with Crippen LogP contribution in [0.15, 0.2) is 0 Å². The molecular weight excluding hydrogens is 300 g/mol. The van der Waals surface area contributed by atoms with E-state index in [4.69, 9.17) is 4.74 Å². The third kappa shape index (κ3) is 4.15. The van der Waals surface area contributed by atoms with Crippen LogP contribution in [0.4, 0.5) is 0 Å². The number of amides is 1. The molecule has 1 spiro atoms. The van der Waals surface area contributed by atoms with Gasteiger partial charge < -0.3 is 15.0 Å². The molecule has 1 atom stereocenters. The fraction of sp³-hybridized carbons (Fsp3) is 0.941. The number of piperidine rings is 1. The zero-order chi connectivity index (χ0) is 14.7. The molecule has 22 heavy (non-hydrogen) atoms. The van der Waals surface area contributed by atoms with Crippen LogP contribution >= 0.6 is 12.4 Å². The highest BCUT2D eigenvalue weighted by Gasteiger charge is 2.41. The first-order chi connectivity index (χ1) is 10.2. The lowest BCUT2D eigenvalue weighted by molar-refractivity contribution is -0.132. The normalized spacial score (nSPS) is 26.7. The number of carbonyl (C=O) groups is 1. The Morgan fingerprint density at radius 3 is 2.64 bits per heavy atom. The van der Waals surface area contributed by atoms with Crippen molar-refractivity contribution < 1.29 is 9.53 Å². The largest absolute Gasteiger partial charge is 0.381 e. The molecule has 1 amide bonds. The molecule has 0 radical (unpaired) electrons. The standard InChI is InChI=1S/C17H30N2O2.ClH/c1-14(15-2-7-18-8-3-15)12-16(20)19-9-4-17(13-19)5-10-21-11-6-17;/h14-15,18H,2-13H2,1H3;1H. The average Bonchev–Trinajstić information content (AvgIpc) is 2.92. The Kier molecular flexibility index (Phi) is 6.54. The first-order valence-electron chi connectivity index (χ1n) is 8.75. The molecule has 1 N–H and O–H groups in total. The third-order valence-electron chi connectivity index (χ3n) is 6.03. The molecule has 0 aromatic heterocycles. The van der Waals surface area contributed by atoms with E-state index in [9.17, 15) is 4.79 Å². The van der Waals surface area contributed by atoms with Crippen molar-refractivity contribution in [3.63, 3.8) is 0 Å². The number of ether oxygens (including phenoxy) is 1. The summed E-state index contributed by atoms with van der Waals surface area (Å²) in [5, 5.41) is 3.41. The van der Waals surface area contributed by atoms with Crippen molar-refractivity contribution in [2.24, 2.45) is 17.3 Å². The molecule has 4 nitrogen and oxygen atoms in total. The van der Waals surface area contributed by atoms with Crippen LogP contribution in [-0.4, -0.2) is 50.2 Å². The highest BCUT2D eigenvalue weighted by atomic mass is 35.5. The lowest BCUT2D eigenvalue weighted by Gasteiger charge is -2.33. The summed E-state index contributed by atoms with van der Waals surface area (Å²) in [7, 11) is 0. The number of hydrogen-bond donors (Lipinski definition) is 1. The van der Waals surface area contributed by atoms with Gasteiger partial charge in [-0.05, 0) is 62.4 Å². The van der Waals surface area contributed by atoms with Crippen LogP contribution in [0.25, 0.3) is 0 Å². The predicted octanol–water partition coefficient (Wildman–Crippen LogP) is 2.46. The minimum Gasteiger partial charge on any atom is -0.381 e. The van der Waals surface area contributed by atoms with Crippen molar-refractivity contribution in [1.29, 1.82) is 0 Å². The monoisotopic (exact) mass is 330 g/mol. The number of nitrogens with zero attached hydrogens (tertiary/aromatic N) is 1. The van der Waals surface area contributed by atoms with Gasteiger partial charge in [0.05, 0.1) is 0 Å². The van der Waals surface area contributed by atoms with E-state index in [2.05, 4.69) is 17.1 Å². The van der Waals surface area contributed by atoms with Gasteiger partial charge in [0.2, 0.25) is 5.91 Å². The number of likely N-dealkylation sites (tertiary alicyclic amines) is 1. The number of hydrogen-bond acceptors (Lipinski definition) is 3. The molecule has 128 valence electrons. The van der Waals surface area contributed by atoms with E-state index < -0.39 is 0 Å². The van der Waals surface area contributed by atoms with Crippen LogP contribution in [0.3, 0.4) is 0 Å². The van der Waals surface area contributed by atoms with E-state index in [-0.39, 0.29) is 12.4 Å². The average molecular weight is 331 g/mol. The molecule has 5 heteroatoms. The van der Waals surface area contributed by atoms with E-state index in [1.165, 1.54) is 19.3 Å². The fourth-order valence-corrected chi connectivity index (χ4v) is 4.35. The fourth-order valence-electron chi connectivity index (χ4n) is 4.35. The summed E-state index contributed by atoms with van der Waals surface area (Å²) in [6.07, 6.45) is 6.67. The second-order valence-corrected chi connectivity index (χ2v) is 7.45. The summed E-state index contributed by atoms with van der Waals surface area (Å²) in [6, 6.07) is 0. The molecule has 0 saturated carbocycles. The SMILES string of the molecule is CC(CC(=O)N1CCC2(CCOCC2)C1)C1CCNCC1.Cl. The van der Waals surface area contributed by atoms with Crippen molar-refractivity contribution in [2.75, 3.05) is 39.4 Å². The van der Waals surface area contributed by atoms with E-state index in [1.54, 1.807) is 0 Å². The minimum atomic E-state index is 0. The van der Waals surface area contributed by atoms with Gasteiger partial charge in [-0.3, -0.25) is 4.79 Å². The molecule has 3 saturated heterocycles. The Bertz CT molecular complexity index is 366.